The van der Waals surface area contributed by atoms with E-state index < -0.39 is 0 Å². The van der Waals surface area contributed by atoms with E-state index in [0.29, 0.717) is 17.5 Å². The highest BCUT2D eigenvalue weighted by atomic mass is 15.0. The van der Waals surface area contributed by atoms with Gasteiger partial charge in [0, 0.05) is 39.9 Å². The standard InChI is InChI=1S/C59H33N5/c1-3-17-43-41(15-1)47-21-7-19-45-39(25-27-49(43)53(45)47)36-31-37(40-26-28-50-44-18-4-2-16-42(44)48-22-8-20-46(40)54(48)50)33-38(32-36)57-62-58(51-23-5-11-34-13-9-29-60-55(34)51)64-59(63-57)52-24-6-12-35-14-10-30-61-56(35)52/h1-33H. The van der Waals surface area contributed by atoms with Gasteiger partial charge in [-0.25, -0.2) is 15.0 Å². The third kappa shape index (κ3) is 5.09. The highest BCUT2D eigenvalue weighted by Gasteiger charge is 2.26. The smallest absolute Gasteiger partial charge is 0.166 e. The monoisotopic (exact) mass is 811 g/mol. The van der Waals surface area contributed by atoms with E-state index in [-0.39, 0.29) is 0 Å². The number of aromatic nitrogens is 5. The van der Waals surface area contributed by atoms with E-state index in [0.717, 1.165) is 60.8 Å². The molecule has 0 fully saturated rings. The molecule has 0 amide bonds. The van der Waals surface area contributed by atoms with Crippen molar-refractivity contribution in [3.63, 3.8) is 0 Å². The van der Waals surface area contributed by atoms with Crippen LogP contribution in [-0.4, -0.2) is 24.9 Å². The van der Waals surface area contributed by atoms with Crippen molar-refractivity contribution in [1.82, 2.24) is 24.9 Å². The van der Waals surface area contributed by atoms with Gasteiger partial charge in [-0.15, -0.1) is 0 Å². The lowest BCUT2D eigenvalue weighted by Gasteiger charge is -2.16. The summed E-state index contributed by atoms with van der Waals surface area (Å²) >= 11 is 0. The average Bonchev–Trinajstić information content (AvgIpc) is 3.87. The van der Waals surface area contributed by atoms with E-state index in [4.69, 9.17) is 24.9 Å². The van der Waals surface area contributed by atoms with Gasteiger partial charge in [-0.1, -0.05) is 146 Å². The molecule has 0 bridgehead atoms. The Labute approximate surface area is 368 Å². The van der Waals surface area contributed by atoms with Gasteiger partial charge in [0.1, 0.15) is 0 Å². The zero-order valence-corrected chi connectivity index (χ0v) is 34.3. The molecule has 0 saturated heterocycles. The topological polar surface area (TPSA) is 64.5 Å². The molecule has 2 aliphatic rings. The van der Waals surface area contributed by atoms with Gasteiger partial charge in [0.25, 0.3) is 0 Å². The van der Waals surface area contributed by atoms with Gasteiger partial charge in [-0.05, 0) is 131 Å². The predicted octanol–water partition coefficient (Wildman–Crippen LogP) is 14.9. The number of benzene rings is 9. The second-order valence-corrected chi connectivity index (χ2v) is 16.7. The first-order valence-electron chi connectivity index (χ1n) is 21.7. The Hall–Kier alpha value is -8.67. The SMILES string of the molecule is c1ccc2c(c1)-c1cccc3c(-c4cc(-c5nc(-c6cccc7cccnc67)nc(-c6cccc7cccnc67)n5)cc(-c5ccc6c7c(cccc57)-c5ccccc5-6)c4)ccc-2c13. The molecule has 3 heterocycles. The number of nitrogens with zero attached hydrogens (tertiary/aromatic N) is 5. The van der Waals surface area contributed by atoms with Crippen LogP contribution in [0.2, 0.25) is 0 Å². The van der Waals surface area contributed by atoms with Crippen LogP contribution in [0.1, 0.15) is 0 Å². The number of pyridine rings is 2. The Morgan fingerprint density at radius 1 is 0.250 bits per heavy atom. The van der Waals surface area contributed by atoms with Crippen molar-refractivity contribution in [2.45, 2.75) is 0 Å². The van der Waals surface area contributed by atoms with Crippen molar-refractivity contribution in [2.75, 3.05) is 0 Å². The maximum atomic E-state index is 5.37. The number of hydrogen-bond donors (Lipinski definition) is 0. The van der Waals surface area contributed by atoms with Crippen LogP contribution >= 0.6 is 0 Å². The molecule has 0 atom stereocenters. The predicted molar refractivity (Wildman–Crippen MR) is 261 cm³/mol. The van der Waals surface area contributed by atoms with Crippen LogP contribution < -0.4 is 0 Å². The first-order valence-corrected chi connectivity index (χ1v) is 21.7. The molecule has 9 aromatic carbocycles. The lowest BCUT2D eigenvalue weighted by atomic mass is 9.89. The van der Waals surface area contributed by atoms with Gasteiger partial charge in [-0.3, -0.25) is 9.97 Å². The molecule has 0 radical (unpaired) electrons. The summed E-state index contributed by atoms with van der Waals surface area (Å²) in [6.45, 7) is 0. The Kier molecular flexibility index (Phi) is 7.33. The molecule has 3 aromatic heterocycles. The zero-order valence-electron chi connectivity index (χ0n) is 34.3. The molecule has 0 unspecified atom stereocenters. The van der Waals surface area contributed by atoms with Crippen LogP contribution in [0.3, 0.4) is 0 Å². The maximum absolute atomic E-state index is 5.37. The summed E-state index contributed by atoms with van der Waals surface area (Å²) in [6, 6.07) is 67.4. The second kappa shape index (κ2) is 13.4. The fourth-order valence-corrected chi connectivity index (χ4v) is 10.5. The van der Waals surface area contributed by atoms with Crippen LogP contribution in [0.5, 0.6) is 0 Å². The highest BCUT2D eigenvalue weighted by molar-refractivity contribution is 6.20. The minimum atomic E-state index is 0.551. The molecule has 294 valence electrons. The molecule has 0 aliphatic heterocycles. The first-order chi connectivity index (χ1) is 31.7. The summed E-state index contributed by atoms with van der Waals surface area (Å²) in [5.74, 6) is 1.67. The van der Waals surface area contributed by atoms with Crippen LogP contribution in [0.25, 0.3) is 144 Å². The van der Waals surface area contributed by atoms with Crippen LogP contribution in [0.15, 0.2) is 200 Å². The largest absolute Gasteiger partial charge is 0.255 e. The summed E-state index contributed by atoms with van der Waals surface area (Å²) in [5, 5.41) is 7.03. The van der Waals surface area contributed by atoms with E-state index in [1.165, 1.54) is 66.1 Å². The number of rotatable bonds is 5. The van der Waals surface area contributed by atoms with Crippen molar-refractivity contribution < 1.29 is 0 Å². The third-order valence-corrected chi connectivity index (χ3v) is 13.3. The molecule has 0 N–H and O–H groups in total. The molecule has 0 spiro atoms. The van der Waals surface area contributed by atoms with Crippen LogP contribution in [-0.2, 0) is 0 Å². The fourth-order valence-electron chi connectivity index (χ4n) is 10.5. The van der Waals surface area contributed by atoms with Gasteiger partial charge in [0.05, 0.1) is 11.0 Å². The van der Waals surface area contributed by atoms with E-state index in [1.54, 1.807) is 0 Å². The van der Waals surface area contributed by atoms with Crippen molar-refractivity contribution in [2.24, 2.45) is 0 Å². The van der Waals surface area contributed by atoms with Crippen molar-refractivity contribution in [1.29, 1.82) is 0 Å². The first kappa shape index (κ1) is 35.0. The zero-order chi connectivity index (χ0) is 41.9. The highest BCUT2D eigenvalue weighted by Crippen LogP contribution is 2.52. The molecular formula is C59H33N5. The van der Waals surface area contributed by atoms with E-state index in [2.05, 4.69) is 164 Å². The Morgan fingerprint density at radius 3 is 1.09 bits per heavy atom. The second-order valence-electron chi connectivity index (χ2n) is 16.7. The molecule has 5 heteroatoms. The molecule has 5 nitrogen and oxygen atoms in total. The van der Waals surface area contributed by atoms with E-state index in [9.17, 15) is 0 Å². The molecule has 12 aromatic rings. The van der Waals surface area contributed by atoms with E-state index in [1.807, 2.05) is 36.7 Å². The molecule has 2 aliphatic carbocycles. The maximum Gasteiger partial charge on any atom is 0.166 e. The lowest BCUT2D eigenvalue weighted by molar-refractivity contribution is 1.08. The molecule has 64 heavy (non-hydrogen) atoms. The Balaban J connectivity index is 1.06. The number of fused-ring (bicyclic) bond motifs is 8. The molecule has 14 rings (SSSR count). The minimum Gasteiger partial charge on any atom is -0.255 e. The van der Waals surface area contributed by atoms with Gasteiger partial charge in [0.15, 0.2) is 17.5 Å². The van der Waals surface area contributed by atoms with Crippen molar-refractivity contribution >= 4 is 43.4 Å². The fraction of sp³-hybridized carbons (Fsp3) is 0. The number of hydrogen-bond acceptors (Lipinski definition) is 5. The van der Waals surface area contributed by atoms with Gasteiger partial charge in [0.2, 0.25) is 0 Å². The molecule has 0 saturated carbocycles. The van der Waals surface area contributed by atoms with Crippen molar-refractivity contribution in [3.05, 3.63) is 200 Å². The quantitative estimate of drug-likeness (QED) is 0.173. The molecular weight excluding hydrogens is 779 g/mol. The minimum absolute atomic E-state index is 0.551. The summed E-state index contributed by atoms with van der Waals surface area (Å²) in [4.78, 5) is 25.6. The van der Waals surface area contributed by atoms with Crippen LogP contribution in [0.4, 0.5) is 0 Å². The number of para-hydroxylation sites is 2. The Bertz CT molecular complexity index is 3660. The van der Waals surface area contributed by atoms with Gasteiger partial charge < -0.3 is 0 Å². The third-order valence-electron chi connectivity index (χ3n) is 13.3. The van der Waals surface area contributed by atoms with Crippen LogP contribution in [0, 0.1) is 0 Å². The normalized spacial score (nSPS) is 12.1. The van der Waals surface area contributed by atoms with Crippen molar-refractivity contribution in [3.8, 4) is 101 Å². The summed E-state index contributed by atoms with van der Waals surface area (Å²) in [5.41, 5.74) is 18.9. The average molecular weight is 812 g/mol. The van der Waals surface area contributed by atoms with Gasteiger partial charge in [-0.2, -0.15) is 0 Å². The van der Waals surface area contributed by atoms with Gasteiger partial charge >= 0.3 is 0 Å². The summed E-state index contributed by atoms with van der Waals surface area (Å²) in [6.07, 6.45) is 3.65. The summed E-state index contributed by atoms with van der Waals surface area (Å²) in [7, 11) is 0. The summed E-state index contributed by atoms with van der Waals surface area (Å²) < 4.78 is 0. The lowest BCUT2D eigenvalue weighted by Crippen LogP contribution is -2.02. The Morgan fingerprint density at radius 2 is 0.609 bits per heavy atom. The van der Waals surface area contributed by atoms with E-state index >= 15 is 0 Å².